The molecule has 0 radical (unpaired) electrons. The summed E-state index contributed by atoms with van der Waals surface area (Å²) in [5.74, 6) is 1.88. The van der Waals surface area contributed by atoms with Gasteiger partial charge in [0.25, 0.3) is 0 Å². The second-order valence-corrected chi connectivity index (χ2v) is 16.4. The van der Waals surface area contributed by atoms with Crippen molar-refractivity contribution in [2.45, 2.75) is 0 Å². The Hall–Kier alpha value is -8.67. The Morgan fingerprint density at radius 3 is 1.66 bits per heavy atom. The summed E-state index contributed by atoms with van der Waals surface area (Å²) in [6, 6.07) is 79.9. The normalized spacial score (nSPS) is 11.8. The Kier molecular flexibility index (Phi) is 8.15. The molecular weight excluding hydrogens is 779 g/mol. The first kappa shape index (κ1) is 36.0. The summed E-state index contributed by atoms with van der Waals surface area (Å²) in [5, 5.41) is 9.50. The number of benzene rings is 10. The number of aromatic nitrogens is 5. The Morgan fingerprint density at radius 2 is 0.844 bits per heavy atom. The number of fused-ring (bicyclic) bond motifs is 8. The van der Waals surface area contributed by atoms with Crippen LogP contribution in [-0.4, -0.2) is 24.1 Å². The van der Waals surface area contributed by atoms with Crippen LogP contribution in [0.2, 0.25) is 0 Å². The molecule has 5 heteroatoms. The average Bonchev–Trinajstić information content (AvgIpc) is 3.90. The standard InChI is InChI=1S/C59H37N5/c1-2-17-41(18-3-1)57-60-58(42-33-31-40(32-34-42)46-24-12-20-39-16-6-7-21-45(39)46)62-59(61-57)50-26-14-29-53-55(50)49-23-9-11-28-52(49)64(53)54-30-13-25-48-47-22-8-10-27-51(47)63(56(48)54)44-36-35-38-15-4-5-19-43(38)37-44/h1-37H. The first-order valence-corrected chi connectivity index (χ1v) is 21.7. The van der Waals surface area contributed by atoms with Gasteiger partial charge in [0.1, 0.15) is 0 Å². The van der Waals surface area contributed by atoms with Gasteiger partial charge in [-0.3, -0.25) is 0 Å². The fraction of sp³-hybridized carbons (Fsp3) is 0. The van der Waals surface area contributed by atoms with E-state index in [4.69, 9.17) is 15.0 Å². The van der Waals surface area contributed by atoms with Gasteiger partial charge in [0.05, 0.1) is 27.8 Å². The molecule has 0 aliphatic heterocycles. The number of nitrogens with zero attached hydrogens (tertiary/aromatic N) is 5. The molecule has 13 rings (SSSR count). The molecule has 0 atom stereocenters. The lowest BCUT2D eigenvalue weighted by Crippen LogP contribution is -2.01. The Balaban J connectivity index is 1.03. The Labute approximate surface area is 368 Å². The topological polar surface area (TPSA) is 48.5 Å². The van der Waals surface area contributed by atoms with E-state index in [0.717, 1.165) is 66.5 Å². The predicted octanol–water partition coefficient (Wildman–Crippen LogP) is 15.0. The van der Waals surface area contributed by atoms with E-state index in [1.54, 1.807) is 0 Å². The van der Waals surface area contributed by atoms with E-state index < -0.39 is 0 Å². The Morgan fingerprint density at radius 1 is 0.297 bits per heavy atom. The number of para-hydroxylation sites is 3. The van der Waals surface area contributed by atoms with Gasteiger partial charge in [0, 0.05) is 43.9 Å². The van der Waals surface area contributed by atoms with Crippen molar-refractivity contribution in [1.82, 2.24) is 24.1 Å². The lowest BCUT2D eigenvalue weighted by atomic mass is 9.97. The molecule has 0 fully saturated rings. The van der Waals surface area contributed by atoms with E-state index in [1.807, 2.05) is 18.2 Å². The van der Waals surface area contributed by atoms with Gasteiger partial charge in [-0.2, -0.15) is 0 Å². The van der Waals surface area contributed by atoms with E-state index in [-0.39, 0.29) is 0 Å². The number of rotatable bonds is 6. The summed E-state index contributed by atoms with van der Waals surface area (Å²) < 4.78 is 4.87. The maximum Gasteiger partial charge on any atom is 0.164 e. The number of hydrogen-bond acceptors (Lipinski definition) is 3. The number of hydrogen-bond donors (Lipinski definition) is 0. The maximum atomic E-state index is 5.31. The van der Waals surface area contributed by atoms with Crippen molar-refractivity contribution in [2.75, 3.05) is 0 Å². The third kappa shape index (κ3) is 5.68. The van der Waals surface area contributed by atoms with Crippen molar-refractivity contribution >= 4 is 65.2 Å². The van der Waals surface area contributed by atoms with Crippen LogP contribution in [0, 0.1) is 0 Å². The summed E-state index contributed by atoms with van der Waals surface area (Å²) in [7, 11) is 0. The zero-order valence-corrected chi connectivity index (χ0v) is 34.6. The molecule has 3 heterocycles. The van der Waals surface area contributed by atoms with Crippen molar-refractivity contribution in [3.8, 4) is 56.7 Å². The summed E-state index contributed by atoms with van der Waals surface area (Å²) in [5.41, 5.74) is 11.9. The van der Waals surface area contributed by atoms with E-state index in [0.29, 0.717) is 17.5 Å². The van der Waals surface area contributed by atoms with Gasteiger partial charge in [0.15, 0.2) is 17.5 Å². The van der Waals surface area contributed by atoms with Gasteiger partial charge >= 0.3 is 0 Å². The van der Waals surface area contributed by atoms with E-state index in [1.165, 1.54) is 37.9 Å². The van der Waals surface area contributed by atoms with Crippen molar-refractivity contribution < 1.29 is 0 Å². The first-order valence-electron chi connectivity index (χ1n) is 21.7. The quantitative estimate of drug-likeness (QED) is 0.168. The van der Waals surface area contributed by atoms with E-state index in [9.17, 15) is 0 Å². The average molecular weight is 816 g/mol. The minimum atomic E-state index is 0.624. The van der Waals surface area contributed by atoms with Crippen LogP contribution in [-0.2, 0) is 0 Å². The largest absolute Gasteiger partial charge is 0.307 e. The summed E-state index contributed by atoms with van der Waals surface area (Å²) >= 11 is 0. The smallest absolute Gasteiger partial charge is 0.164 e. The summed E-state index contributed by atoms with van der Waals surface area (Å²) in [6.07, 6.45) is 0. The zero-order chi connectivity index (χ0) is 42.1. The highest BCUT2D eigenvalue weighted by molar-refractivity contribution is 6.18. The highest BCUT2D eigenvalue weighted by Crippen LogP contribution is 2.42. The van der Waals surface area contributed by atoms with Crippen LogP contribution in [0.25, 0.3) is 122 Å². The van der Waals surface area contributed by atoms with Crippen LogP contribution < -0.4 is 0 Å². The van der Waals surface area contributed by atoms with Gasteiger partial charge in [-0.05, 0) is 69.1 Å². The molecule has 10 aromatic carbocycles. The van der Waals surface area contributed by atoms with Gasteiger partial charge in [-0.15, -0.1) is 0 Å². The van der Waals surface area contributed by atoms with Gasteiger partial charge in [0.2, 0.25) is 0 Å². The van der Waals surface area contributed by atoms with Gasteiger partial charge in [-0.25, -0.2) is 15.0 Å². The fourth-order valence-corrected chi connectivity index (χ4v) is 9.85. The van der Waals surface area contributed by atoms with Gasteiger partial charge in [-0.1, -0.05) is 188 Å². The molecule has 0 N–H and O–H groups in total. The van der Waals surface area contributed by atoms with Crippen LogP contribution in [0.15, 0.2) is 224 Å². The maximum absolute atomic E-state index is 5.31. The van der Waals surface area contributed by atoms with Crippen LogP contribution in [0.3, 0.4) is 0 Å². The molecule has 0 bridgehead atoms. The lowest BCUT2D eigenvalue weighted by molar-refractivity contribution is 1.08. The molecule has 0 aliphatic carbocycles. The Bertz CT molecular complexity index is 3950. The molecule has 64 heavy (non-hydrogen) atoms. The van der Waals surface area contributed by atoms with E-state index in [2.05, 4.69) is 215 Å². The van der Waals surface area contributed by atoms with Crippen molar-refractivity contribution in [3.05, 3.63) is 224 Å². The molecule has 3 aromatic heterocycles. The SMILES string of the molecule is c1ccc(-c2nc(-c3ccc(-c4cccc5ccccc45)cc3)nc(-c3cccc4c3c3ccccc3n4-c3cccc4c5ccccc5n(-c5ccc6ccccc6c5)c34)n2)cc1. The van der Waals surface area contributed by atoms with Crippen molar-refractivity contribution in [1.29, 1.82) is 0 Å². The monoisotopic (exact) mass is 815 g/mol. The molecule has 0 aliphatic rings. The highest BCUT2D eigenvalue weighted by atomic mass is 15.1. The third-order valence-corrected chi connectivity index (χ3v) is 12.8. The minimum Gasteiger partial charge on any atom is -0.307 e. The summed E-state index contributed by atoms with van der Waals surface area (Å²) in [6.45, 7) is 0. The van der Waals surface area contributed by atoms with Crippen LogP contribution >= 0.6 is 0 Å². The fourth-order valence-electron chi connectivity index (χ4n) is 9.85. The van der Waals surface area contributed by atoms with Gasteiger partial charge < -0.3 is 9.13 Å². The van der Waals surface area contributed by atoms with Crippen LogP contribution in [0.5, 0.6) is 0 Å². The molecule has 0 amide bonds. The second-order valence-electron chi connectivity index (χ2n) is 16.4. The summed E-state index contributed by atoms with van der Waals surface area (Å²) in [4.78, 5) is 15.7. The lowest BCUT2D eigenvalue weighted by Gasteiger charge is -2.15. The molecule has 298 valence electrons. The van der Waals surface area contributed by atoms with Crippen molar-refractivity contribution in [3.63, 3.8) is 0 Å². The van der Waals surface area contributed by atoms with Crippen LogP contribution in [0.1, 0.15) is 0 Å². The third-order valence-electron chi connectivity index (χ3n) is 12.8. The molecule has 13 aromatic rings. The second kappa shape index (κ2) is 14.5. The molecule has 0 saturated carbocycles. The minimum absolute atomic E-state index is 0.624. The zero-order valence-electron chi connectivity index (χ0n) is 34.6. The molecule has 0 saturated heterocycles. The molecule has 0 spiro atoms. The van der Waals surface area contributed by atoms with E-state index >= 15 is 0 Å². The predicted molar refractivity (Wildman–Crippen MR) is 265 cm³/mol. The molecule has 5 nitrogen and oxygen atoms in total. The molecular formula is C59H37N5. The van der Waals surface area contributed by atoms with Crippen LogP contribution in [0.4, 0.5) is 0 Å². The molecule has 0 unspecified atom stereocenters. The highest BCUT2D eigenvalue weighted by Gasteiger charge is 2.23. The first-order chi connectivity index (χ1) is 31.7. The van der Waals surface area contributed by atoms with Crippen molar-refractivity contribution in [2.24, 2.45) is 0 Å².